The highest BCUT2D eigenvalue weighted by Gasteiger charge is 2.54. The third-order valence-electron chi connectivity index (χ3n) is 2.97. The van der Waals surface area contributed by atoms with Crippen LogP contribution >= 0.6 is 0 Å². The quantitative estimate of drug-likeness (QED) is 0.366. The van der Waals surface area contributed by atoms with Crippen molar-refractivity contribution >= 4 is 33.6 Å². The monoisotopic (exact) mass is 361 g/mol. The summed E-state index contributed by atoms with van der Waals surface area (Å²) in [6.07, 6.45) is 1.11. The van der Waals surface area contributed by atoms with E-state index in [0.717, 1.165) is 35.2 Å². The molecule has 2 amide bonds. The van der Waals surface area contributed by atoms with Gasteiger partial charge in [-0.15, -0.1) is 0 Å². The van der Waals surface area contributed by atoms with Crippen LogP contribution in [0.2, 0.25) is 0 Å². The lowest BCUT2D eigenvalue weighted by Crippen LogP contribution is -2.40. The summed E-state index contributed by atoms with van der Waals surface area (Å²) in [5.74, 6) is -4.14. The van der Waals surface area contributed by atoms with Crippen LogP contribution in [0.25, 0.3) is 0 Å². The molecule has 1 aromatic carbocycles. The molecule has 0 saturated heterocycles. The zero-order valence-corrected chi connectivity index (χ0v) is 12.7. The minimum Gasteiger partial charge on any atom is -0.421 e. The second-order valence-electron chi connectivity index (χ2n) is 4.68. The largest absolute Gasteiger partial charge is 0.466 e. The summed E-state index contributed by atoms with van der Waals surface area (Å²) >= 11 is 0. The van der Waals surface area contributed by atoms with Crippen LogP contribution < -0.4 is 9.64 Å². The lowest BCUT2D eigenvalue weighted by molar-refractivity contribution is -0.151. The highest BCUT2D eigenvalue weighted by molar-refractivity contribution is 7.87. The lowest BCUT2D eigenvalue weighted by atomic mass is 10.2. The standard InChI is InChI=1S/C13H9F2NO7S/c1-7-6-10(17)16(11(7)18)8-2-4-9(5-3-8)23-12(19)13(14,15)24(20,21)22/h2-6H,1H3,(H,20,21,22). The van der Waals surface area contributed by atoms with Crippen LogP contribution in [0.4, 0.5) is 14.5 Å². The van der Waals surface area contributed by atoms with E-state index in [-0.39, 0.29) is 11.3 Å². The first-order chi connectivity index (χ1) is 10.9. The van der Waals surface area contributed by atoms with Gasteiger partial charge in [-0.3, -0.25) is 14.1 Å². The SMILES string of the molecule is CC1=CC(=O)N(c2ccc(OC(=O)C(F)(F)S(=O)(=O)O)cc2)C1=O. The number of halogens is 2. The number of ether oxygens (including phenoxy) is 1. The molecular weight excluding hydrogens is 352 g/mol. The molecular formula is C13H9F2NO7S. The minimum atomic E-state index is -5.98. The van der Waals surface area contributed by atoms with Crippen LogP contribution in [0.5, 0.6) is 5.75 Å². The predicted octanol–water partition coefficient (Wildman–Crippen LogP) is 0.892. The Morgan fingerprint density at radius 1 is 1.21 bits per heavy atom. The van der Waals surface area contributed by atoms with Gasteiger partial charge in [-0.25, -0.2) is 9.69 Å². The van der Waals surface area contributed by atoms with Crippen molar-refractivity contribution in [2.45, 2.75) is 12.2 Å². The molecule has 24 heavy (non-hydrogen) atoms. The molecule has 1 N–H and O–H groups in total. The fourth-order valence-electron chi connectivity index (χ4n) is 1.77. The van der Waals surface area contributed by atoms with E-state index in [4.69, 9.17) is 4.55 Å². The molecule has 0 spiro atoms. The van der Waals surface area contributed by atoms with E-state index in [1.54, 1.807) is 0 Å². The van der Waals surface area contributed by atoms with Crippen LogP contribution in [-0.4, -0.2) is 36.0 Å². The van der Waals surface area contributed by atoms with E-state index < -0.39 is 38.9 Å². The highest BCUT2D eigenvalue weighted by atomic mass is 32.2. The molecule has 0 fully saturated rings. The van der Waals surface area contributed by atoms with Gasteiger partial charge in [-0.05, 0) is 31.2 Å². The van der Waals surface area contributed by atoms with Crippen molar-refractivity contribution in [3.63, 3.8) is 0 Å². The Hall–Kier alpha value is -2.66. The number of hydrogen-bond acceptors (Lipinski definition) is 6. The summed E-state index contributed by atoms with van der Waals surface area (Å²) < 4.78 is 59.5. The van der Waals surface area contributed by atoms with Gasteiger partial charge in [0.1, 0.15) is 5.75 Å². The Morgan fingerprint density at radius 3 is 2.17 bits per heavy atom. The van der Waals surface area contributed by atoms with Crippen molar-refractivity contribution in [1.29, 1.82) is 0 Å². The van der Waals surface area contributed by atoms with Gasteiger partial charge in [0.2, 0.25) is 0 Å². The van der Waals surface area contributed by atoms with Gasteiger partial charge in [-0.1, -0.05) is 0 Å². The minimum absolute atomic E-state index is 0.0967. The molecule has 0 saturated carbocycles. The molecule has 128 valence electrons. The molecule has 8 nitrogen and oxygen atoms in total. The number of hydrogen-bond donors (Lipinski definition) is 1. The number of anilines is 1. The fraction of sp³-hybridized carbons (Fsp3) is 0.154. The number of nitrogens with zero attached hydrogens (tertiary/aromatic N) is 1. The predicted molar refractivity (Wildman–Crippen MR) is 74.8 cm³/mol. The van der Waals surface area contributed by atoms with Gasteiger partial charge in [0.15, 0.2) is 0 Å². The number of rotatable bonds is 4. The zero-order chi connectivity index (χ0) is 18.3. The maximum absolute atomic E-state index is 13.1. The van der Waals surface area contributed by atoms with Gasteiger partial charge in [0.05, 0.1) is 5.69 Å². The van der Waals surface area contributed by atoms with Crippen LogP contribution in [0.1, 0.15) is 6.92 Å². The molecule has 1 aliphatic heterocycles. The summed E-state index contributed by atoms with van der Waals surface area (Å²) in [6, 6.07) is 4.22. The lowest BCUT2D eigenvalue weighted by Gasteiger charge is -2.15. The molecule has 1 aromatic rings. The molecule has 0 aromatic heterocycles. The van der Waals surface area contributed by atoms with E-state index in [9.17, 15) is 31.6 Å². The van der Waals surface area contributed by atoms with Crippen molar-refractivity contribution in [3.05, 3.63) is 35.9 Å². The second kappa shape index (κ2) is 5.76. The van der Waals surface area contributed by atoms with Gasteiger partial charge in [-0.2, -0.15) is 17.2 Å². The normalized spacial score (nSPS) is 15.5. The number of benzene rings is 1. The van der Waals surface area contributed by atoms with Crippen molar-refractivity contribution in [2.75, 3.05) is 4.90 Å². The Morgan fingerprint density at radius 2 is 1.75 bits per heavy atom. The number of imide groups is 1. The molecule has 1 aliphatic rings. The van der Waals surface area contributed by atoms with Crippen LogP contribution in [0.15, 0.2) is 35.9 Å². The number of carbonyl (C=O) groups is 3. The second-order valence-corrected chi connectivity index (χ2v) is 6.14. The number of esters is 1. The zero-order valence-electron chi connectivity index (χ0n) is 11.9. The topological polar surface area (TPSA) is 118 Å². The maximum atomic E-state index is 13.1. The van der Waals surface area contributed by atoms with E-state index in [1.165, 1.54) is 6.92 Å². The number of alkyl halides is 2. The molecule has 0 radical (unpaired) electrons. The van der Waals surface area contributed by atoms with E-state index in [2.05, 4.69) is 4.74 Å². The molecule has 0 unspecified atom stereocenters. The third kappa shape index (κ3) is 3.03. The Labute approximate surface area is 134 Å². The van der Waals surface area contributed by atoms with Crippen molar-refractivity contribution in [3.8, 4) is 5.75 Å². The van der Waals surface area contributed by atoms with Gasteiger partial charge in [0.25, 0.3) is 11.8 Å². The highest BCUT2D eigenvalue weighted by Crippen LogP contribution is 2.27. The smallest absolute Gasteiger partial charge is 0.421 e. The molecule has 0 bridgehead atoms. The van der Waals surface area contributed by atoms with Crippen molar-refractivity contribution in [2.24, 2.45) is 0 Å². The Kier molecular flexibility index (Phi) is 4.25. The van der Waals surface area contributed by atoms with Gasteiger partial charge >= 0.3 is 21.3 Å². The maximum Gasteiger partial charge on any atom is 0.466 e. The summed E-state index contributed by atoms with van der Waals surface area (Å²) in [5, 5.41) is -5.13. The third-order valence-corrected chi connectivity index (χ3v) is 3.78. The van der Waals surface area contributed by atoms with Crippen LogP contribution in [-0.2, 0) is 24.5 Å². The van der Waals surface area contributed by atoms with Crippen LogP contribution in [0, 0.1) is 0 Å². The van der Waals surface area contributed by atoms with Crippen LogP contribution in [0.3, 0.4) is 0 Å². The fourth-order valence-corrected chi connectivity index (χ4v) is 2.02. The average Bonchev–Trinajstić information content (AvgIpc) is 2.72. The average molecular weight is 361 g/mol. The Bertz CT molecular complexity index is 859. The molecule has 0 atom stereocenters. The summed E-state index contributed by atoms with van der Waals surface area (Å²) in [7, 11) is -5.98. The molecule has 11 heteroatoms. The molecule has 0 aliphatic carbocycles. The van der Waals surface area contributed by atoms with Crippen molar-refractivity contribution in [1.82, 2.24) is 0 Å². The summed E-state index contributed by atoms with van der Waals surface area (Å²) in [5.41, 5.74) is 0.308. The molecule has 1 heterocycles. The van der Waals surface area contributed by atoms with E-state index >= 15 is 0 Å². The number of carbonyl (C=O) groups excluding carboxylic acids is 3. The first-order valence-corrected chi connectivity index (χ1v) is 7.63. The van der Waals surface area contributed by atoms with Gasteiger partial charge in [0, 0.05) is 11.6 Å². The van der Waals surface area contributed by atoms with E-state index in [0.29, 0.717) is 0 Å². The van der Waals surface area contributed by atoms with E-state index in [1.807, 2.05) is 0 Å². The first-order valence-electron chi connectivity index (χ1n) is 6.19. The molecule has 2 rings (SSSR count). The van der Waals surface area contributed by atoms with Crippen molar-refractivity contribution < 1.29 is 40.9 Å². The number of amides is 2. The summed E-state index contributed by atoms with van der Waals surface area (Å²) in [6.45, 7) is 1.44. The Balaban J connectivity index is 2.18. The first kappa shape index (κ1) is 17.7. The summed E-state index contributed by atoms with van der Waals surface area (Å²) in [4.78, 5) is 35.4. The van der Waals surface area contributed by atoms with Gasteiger partial charge < -0.3 is 4.74 Å².